The molecule has 2 heterocycles. The highest BCUT2D eigenvalue weighted by Gasteiger charge is 2.29. The zero-order valence-corrected chi connectivity index (χ0v) is 11.3. The first kappa shape index (κ1) is 12.6. The maximum absolute atomic E-state index is 11.7. The zero-order valence-electron chi connectivity index (χ0n) is 9.71. The van der Waals surface area contributed by atoms with Gasteiger partial charge in [-0.1, -0.05) is 0 Å². The van der Waals surface area contributed by atoms with Gasteiger partial charge in [0.05, 0.1) is 19.3 Å². The van der Waals surface area contributed by atoms with Crippen molar-refractivity contribution in [2.75, 3.05) is 36.6 Å². The van der Waals surface area contributed by atoms with Gasteiger partial charge in [-0.15, -0.1) is 0 Å². The fraction of sp³-hybridized carbons (Fsp3) is 0.667. The SMILES string of the molecule is CC1COCCN1c1snc(N)c1S(C)(=O)=O. The summed E-state index contributed by atoms with van der Waals surface area (Å²) in [5.41, 5.74) is 5.64. The van der Waals surface area contributed by atoms with Crippen molar-refractivity contribution >= 4 is 32.2 Å². The van der Waals surface area contributed by atoms with Gasteiger partial charge < -0.3 is 15.4 Å². The van der Waals surface area contributed by atoms with Crippen molar-refractivity contribution < 1.29 is 13.2 Å². The molecule has 1 saturated heterocycles. The van der Waals surface area contributed by atoms with E-state index in [1.165, 1.54) is 0 Å². The third-order valence-corrected chi connectivity index (χ3v) is 4.83. The molecule has 2 N–H and O–H groups in total. The first-order valence-electron chi connectivity index (χ1n) is 5.21. The molecule has 0 aliphatic carbocycles. The summed E-state index contributed by atoms with van der Waals surface area (Å²) in [4.78, 5) is 2.14. The highest BCUT2D eigenvalue weighted by molar-refractivity contribution is 7.91. The van der Waals surface area contributed by atoms with E-state index in [4.69, 9.17) is 10.5 Å². The van der Waals surface area contributed by atoms with Gasteiger partial charge in [0.1, 0.15) is 9.90 Å². The molecule has 0 aromatic carbocycles. The second-order valence-electron chi connectivity index (χ2n) is 4.09. The summed E-state index contributed by atoms with van der Waals surface area (Å²) in [7, 11) is -3.35. The van der Waals surface area contributed by atoms with Gasteiger partial charge in [-0.2, -0.15) is 4.37 Å². The highest BCUT2D eigenvalue weighted by Crippen LogP contribution is 2.36. The lowest BCUT2D eigenvalue weighted by atomic mass is 10.2. The van der Waals surface area contributed by atoms with Crippen LogP contribution >= 0.6 is 11.5 Å². The van der Waals surface area contributed by atoms with E-state index in [0.717, 1.165) is 17.8 Å². The van der Waals surface area contributed by atoms with Crippen molar-refractivity contribution in [2.45, 2.75) is 17.9 Å². The maximum Gasteiger partial charge on any atom is 0.182 e. The van der Waals surface area contributed by atoms with E-state index in [9.17, 15) is 8.42 Å². The molecule has 1 aliphatic heterocycles. The van der Waals surface area contributed by atoms with Crippen LogP contribution in [0.1, 0.15) is 6.92 Å². The van der Waals surface area contributed by atoms with E-state index >= 15 is 0 Å². The molecular formula is C9H15N3O3S2. The summed E-state index contributed by atoms with van der Waals surface area (Å²) in [6, 6.07) is 0.129. The third kappa shape index (κ3) is 2.38. The van der Waals surface area contributed by atoms with Crippen LogP contribution in [-0.2, 0) is 14.6 Å². The summed E-state index contributed by atoms with van der Waals surface area (Å²) in [6.07, 6.45) is 1.15. The molecule has 96 valence electrons. The number of rotatable bonds is 2. The van der Waals surface area contributed by atoms with Crippen LogP contribution in [0, 0.1) is 0 Å². The fourth-order valence-electron chi connectivity index (χ4n) is 1.85. The molecule has 1 atom stereocenters. The topological polar surface area (TPSA) is 85.5 Å². The molecule has 17 heavy (non-hydrogen) atoms. The Labute approximate surface area is 104 Å². The predicted molar refractivity (Wildman–Crippen MR) is 67.3 cm³/mol. The average molecular weight is 277 g/mol. The second-order valence-corrected chi connectivity index (χ2v) is 6.80. The third-order valence-electron chi connectivity index (χ3n) is 2.66. The molecule has 0 saturated carbocycles. The standard InChI is InChI=1S/C9H15N3O3S2/c1-6-5-15-4-3-12(6)9-7(17(2,13)14)8(10)11-16-9/h6H,3-5H2,1-2H3,(H2,10,11). The predicted octanol–water partition coefficient (Wildman–Crippen LogP) is 0.354. The van der Waals surface area contributed by atoms with Crippen molar-refractivity contribution in [2.24, 2.45) is 0 Å². The van der Waals surface area contributed by atoms with Gasteiger partial charge in [-0.3, -0.25) is 0 Å². The van der Waals surface area contributed by atoms with Crippen LogP contribution in [0.25, 0.3) is 0 Å². The number of aromatic nitrogens is 1. The molecule has 1 fully saturated rings. The number of sulfone groups is 1. The quantitative estimate of drug-likeness (QED) is 0.839. The van der Waals surface area contributed by atoms with Crippen molar-refractivity contribution in [3.05, 3.63) is 0 Å². The maximum atomic E-state index is 11.7. The number of ether oxygens (including phenoxy) is 1. The largest absolute Gasteiger partial charge is 0.382 e. The summed E-state index contributed by atoms with van der Waals surface area (Å²) < 4.78 is 32.7. The van der Waals surface area contributed by atoms with Crippen LogP contribution in [0.4, 0.5) is 10.8 Å². The Balaban J connectivity index is 2.45. The van der Waals surface area contributed by atoms with Crippen LogP contribution in [0.15, 0.2) is 4.90 Å². The number of morpholine rings is 1. The molecular weight excluding hydrogens is 262 g/mol. The van der Waals surface area contributed by atoms with Crippen LogP contribution in [0.3, 0.4) is 0 Å². The highest BCUT2D eigenvalue weighted by atomic mass is 32.2. The second kappa shape index (κ2) is 4.43. The van der Waals surface area contributed by atoms with Gasteiger partial charge in [0.2, 0.25) is 0 Å². The summed E-state index contributed by atoms with van der Waals surface area (Å²) in [5, 5.41) is 0.626. The number of hydrogen-bond donors (Lipinski definition) is 1. The first-order chi connectivity index (χ1) is 7.91. The van der Waals surface area contributed by atoms with Crippen LogP contribution in [0.5, 0.6) is 0 Å². The van der Waals surface area contributed by atoms with Crippen LogP contribution in [-0.4, -0.2) is 44.8 Å². The molecule has 1 aromatic rings. The number of nitrogens with zero attached hydrogens (tertiary/aromatic N) is 2. The Kier molecular flexibility index (Phi) is 3.28. The molecule has 1 aliphatic rings. The first-order valence-corrected chi connectivity index (χ1v) is 7.87. The molecule has 1 aromatic heterocycles. The van der Waals surface area contributed by atoms with E-state index in [0.29, 0.717) is 24.8 Å². The van der Waals surface area contributed by atoms with Crippen LogP contribution < -0.4 is 10.6 Å². The minimum Gasteiger partial charge on any atom is -0.382 e. The lowest BCUT2D eigenvalue weighted by Crippen LogP contribution is -2.43. The van der Waals surface area contributed by atoms with Crippen LogP contribution in [0.2, 0.25) is 0 Å². The van der Waals surface area contributed by atoms with Gasteiger partial charge in [0, 0.05) is 12.8 Å². The Morgan fingerprint density at radius 2 is 2.29 bits per heavy atom. The Hall–Kier alpha value is -0.860. The van der Waals surface area contributed by atoms with E-state index < -0.39 is 9.84 Å². The number of hydrogen-bond acceptors (Lipinski definition) is 7. The van der Waals surface area contributed by atoms with Crippen molar-refractivity contribution in [1.82, 2.24) is 4.37 Å². The minimum absolute atomic E-state index is 0.0891. The summed E-state index contributed by atoms with van der Waals surface area (Å²) in [6.45, 7) is 3.82. The van der Waals surface area contributed by atoms with Gasteiger partial charge in [-0.05, 0) is 18.5 Å². The van der Waals surface area contributed by atoms with E-state index in [1.54, 1.807) is 0 Å². The smallest absolute Gasteiger partial charge is 0.182 e. The van der Waals surface area contributed by atoms with Crippen molar-refractivity contribution in [3.63, 3.8) is 0 Å². The van der Waals surface area contributed by atoms with Crippen molar-refractivity contribution in [3.8, 4) is 0 Å². The van der Waals surface area contributed by atoms with E-state index in [1.807, 2.05) is 11.8 Å². The van der Waals surface area contributed by atoms with Gasteiger partial charge in [0.15, 0.2) is 15.7 Å². The van der Waals surface area contributed by atoms with E-state index in [-0.39, 0.29) is 16.8 Å². The molecule has 0 radical (unpaired) electrons. The number of nitrogens with two attached hydrogens (primary N) is 1. The molecule has 1 unspecified atom stereocenters. The normalized spacial score (nSPS) is 21.8. The number of anilines is 2. The Bertz CT molecular complexity index is 512. The molecule has 2 rings (SSSR count). The minimum atomic E-state index is -3.35. The zero-order chi connectivity index (χ0) is 12.6. The summed E-state index contributed by atoms with van der Waals surface area (Å²) in [5.74, 6) is 0.0891. The van der Waals surface area contributed by atoms with Crippen molar-refractivity contribution in [1.29, 1.82) is 0 Å². The molecule has 0 spiro atoms. The molecule has 0 bridgehead atoms. The Morgan fingerprint density at radius 1 is 1.59 bits per heavy atom. The van der Waals surface area contributed by atoms with E-state index in [2.05, 4.69) is 4.37 Å². The number of nitrogen functional groups attached to an aromatic ring is 1. The molecule has 8 heteroatoms. The molecule has 6 nitrogen and oxygen atoms in total. The van der Waals surface area contributed by atoms with Gasteiger partial charge in [0.25, 0.3) is 0 Å². The Morgan fingerprint density at radius 3 is 2.88 bits per heavy atom. The fourth-order valence-corrected chi connectivity index (χ4v) is 4.17. The lowest BCUT2D eigenvalue weighted by Gasteiger charge is -2.34. The molecule has 0 amide bonds. The summed E-state index contributed by atoms with van der Waals surface area (Å²) >= 11 is 1.13. The van der Waals surface area contributed by atoms with Gasteiger partial charge >= 0.3 is 0 Å². The van der Waals surface area contributed by atoms with Gasteiger partial charge in [-0.25, -0.2) is 8.42 Å². The lowest BCUT2D eigenvalue weighted by molar-refractivity contribution is 0.0990. The monoisotopic (exact) mass is 277 g/mol. The average Bonchev–Trinajstić information content (AvgIpc) is 2.60.